The first kappa shape index (κ1) is 18.5. The second kappa shape index (κ2) is 6.76. The van der Waals surface area contributed by atoms with Crippen molar-refractivity contribution in [2.45, 2.75) is 18.9 Å². The van der Waals surface area contributed by atoms with Gasteiger partial charge in [-0.2, -0.15) is 8.78 Å². The van der Waals surface area contributed by atoms with Gasteiger partial charge in [0.2, 0.25) is 0 Å². The predicted octanol–water partition coefficient (Wildman–Crippen LogP) is 2.29. The molecule has 0 spiro atoms. The molecule has 1 rings (SSSR count). The van der Waals surface area contributed by atoms with Gasteiger partial charge in [0, 0.05) is 0 Å². The van der Waals surface area contributed by atoms with Crippen molar-refractivity contribution >= 4 is 18.4 Å². The Bertz CT molecular complexity index is 499. The van der Waals surface area contributed by atoms with Crippen LogP contribution < -0.4 is 5.73 Å². The van der Waals surface area contributed by atoms with E-state index in [1.807, 2.05) is 0 Å². The molecule has 0 aliphatic heterocycles. The molecular weight excluding hydrogens is 306 g/mol. The zero-order valence-electron chi connectivity index (χ0n) is 10.2. The van der Waals surface area contributed by atoms with Crippen molar-refractivity contribution < 1.29 is 32.2 Å². The minimum atomic E-state index is -4.30. The minimum Gasteiger partial charge on any atom is -0.505 e. The van der Waals surface area contributed by atoms with Crippen molar-refractivity contribution in [2.75, 3.05) is 6.61 Å². The van der Waals surface area contributed by atoms with Crippen LogP contribution in [0.4, 0.5) is 17.6 Å². The summed E-state index contributed by atoms with van der Waals surface area (Å²) in [6, 6.07) is -1.50. The van der Waals surface area contributed by atoms with Crippen molar-refractivity contribution in [1.29, 1.82) is 0 Å². The summed E-state index contributed by atoms with van der Waals surface area (Å²) in [6.45, 7) is 0.957. The number of nitrogens with two attached hydrogens (primary N) is 1. The van der Waals surface area contributed by atoms with E-state index in [4.69, 9.17) is 5.73 Å². The van der Waals surface area contributed by atoms with Gasteiger partial charge in [0.25, 0.3) is 0 Å². The summed E-state index contributed by atoms with van der Waals surface area (Å²) < 4.78 is 57.6. The Kier molecular flexibility index (Phi) is 6.24. The number of ether oxygens (including phenoxy) is 1. The number of hydrogen-bond donors (Lipinski definition) is 2. The van der Waals surface area contributed by atoms with Crippen LogP contribution in [0.2, 0.25) is 0 Å². The highest BCUT2D eigenvalue weighted by molar-refractivity contribution is 5.85. The normalized spacial score (nSPS) is 12.5. The molecule has 1 aromatic rings. The molecule has 0 saturated heterocycles. The quantitative estimate of drug-likeness (QED) is 0.660. The minimum absolute atomic E-state index is 0. The maximum absolute atomic E-state index is 13.6. The van der Waals surface area contributed by atoms with Crippen LogP contribution in [0.5, 0.6) is 5.75 Å². The van der Waals surface area contributed by atoms with E-state index >= 15 is 0 Å². The fourth-order valence-electron chi connectivity index (χ4n) is 1.39. The molecule has 0 unspecified atom stereocenters. The number of carbonyl (C=O) groups is 1. The van der Waals surface area contributed by atoms with Crippen molar-refractivity contribution in [1.82, 2.24) is 0 Å². The second-order valence-corrected chi connectivity index (χ2v) is 3.61. The van der Waals surface area contributed by atoms with Crippen LogP contribution >= 0.6 is 12.4 Å². The lowest BCUT2D eigenvalue weighted by Crippen LogP contribution is -2.42. The molecular formula is C11H12ClF4NO3. The molecule has 20 heavy (non-hydrogen) atoms. The van der Waals surface area contributed by atoms with Crippen molar-refractivity contribution in [2.24, 2.45) is 5.73 Å². The van der Waals surface area contributed by atoms with Gasteiger partial charge in [0.1, 0.15) is 11.9 Å². The predicted molar refractivity (Wildman–Crippen MR) is 63.8 cm³/mol. The van der Waals surface area contributed by atoms with Crippen molar-refractivity contribution in [3.8, 4) is 5.75 Å². The molecule has 9 heteroatoms. The number of benzene rings is 1. The average molecular weight is 318 g/mol. The molecule has 0 bridgehead atoms. The Hall–Kier alpha value is -1.54. The van der Waals surface area contributed by atoms with Crippen LogP contribution in [-0.4, -0.2) is 23.6 Å². The molecule has 0 aliphatic rings. The van der Waals surface area contributed by atoms with E-state index in [-0.39, 0.29) is 19.0 Å². The van der Waals surface area contributed by atoms with Crippen LogP contribution in [0.15, 0.2) is 12.1 Å². The highest BCUT2D eigenvalue weighted by atomic mass is 35.5. The number of alkyl halides is 2. The second-order valence-electron chi connectivity index (χ2n) is 3.61. The van der Waals surface area contributed by atoms with Crippen LogP contribution in [-0.2, 0) is 9.53 Å². The first-order valence-corrected chi connectivity index (χ1v) is 5.20. The molecule has 0 radical (unpaired) electrons. The van der Waals surface area contributed by atoms with Crippen LogP contribution in [0, 0.1) is 11.6 Å². The van der Waals surface area contributed by atoms with Gasteiger partial charge in [-0.15, -0.1) is 12.4 Å². The third kappa shape index (κ3) is 3.31. The van der Waals surface area contributed by atoms with E-state index in [2.05, 4.69) is 4.74 Å². The van der Waals surface area contributed by atoms with Crippen molar-refractivity contribution in [3.05, 3.63) is 29.3 Å². The fraction of sp³-hybridized carbons (Fsp3) is 0.364. The summed E-state index contributed by atoms with van der Waals surface area (Å²) in [5.41, 5.74) is 3.87. The molecule has 0 aromatic heterocycles. The number of carbonyl (C=O) groups excluding carboxylic acids is 1. The van der Waals surface area contributed by atoms with Gasteiger partial charge in [-0.05, 0) is 19.1 Å². The third-order valence-electron chi connectivity index (χ3n) is 2.36. The first-order chi connectivity index (χ1) is 8.73. The Balaban J connectivity index is 0.00000361. The summed E-state index contributed by atoms with van der Waals surface area (Å²) in [7, 11) is 0. The van der Waals surface area contributed by atoms with E-state index in [9.17, 15) is 27.5 Å². The van der Waals surface area contributed by atoms with Gasteiger partial charge in [-0.1, -0.05) is 0 Å². The molecule has 0 heterocycles. The number of aromatic hydroxyl groups is 1. The van der Waals surface area contributed by atoms with Crippen LogP contribution in [0.25, 0.3) is 0 Å². The Labute approximate surface area is 117 Å². The summed E-state index contributed by atoms with van der Waals surface area (Å²) in [6.07, 6.45) is 0. The van der Waals surface area contributed by atoms with Crippen LogP contribution in [0.3, 0.4) is 0 Å². The van der Waals surface area contributed by atoms with E-state index < -0.39 is 40.9 Å². The number of phenols is 1. The van der Waals surface area contributed by atoms with Gasteiger partial charge in [0.05, 0.1) is 12.2 Å². The van der Waals surface area contributed by atoms with Gasteiger partial charge in [0.15, 0.2) is 11.6 Å². The summed E-state index contributed by atoms with van der Waals surface area (Å²) in [5.74, 6) is -10.3. The molecule has 0 saturated carbocycles. The molecule has 3 N–H and O–H groups in total. The zero-order valence-corrected chi connectivity index (χ0v) is 11.0. The summed E-state index contributed by atoms with van der Waals surface area (Å²) >= 11 is 0. The van der Waals surface area contributed by atoms with Gasteiger partial charge >= 0.3 is 11.9 Å². The smallest absolute Gasteiger partial charge is 0.379 e. The highest BCUT2D eigenvalue weighted by Crippen LogP contribution is 2.37. The molecule has 0 fully saturated rings. The van der Waals surface area contributed by atoms with Crippen LogP contribution in [0.1, 0.15) is 18.5 Å². The van der Waals surface area contributed by atoms with Gasteiger partial charge < -0.3 is 15.6 Å². The third-order valence-corrected chi connectivity index (χ3v) is 2.36. The number of hydrogen-bond acceptors (Lipinski definition) is 4. The first-order valence-electron chi connectivity index (χ1n) is 5.20. The lowest BCUT2D eigenvalue weighted by atomic mass is 9.99. The molecule has 0 amide bonds. The molecule has 114 valence electrons. The Morgan fingerprint density at radius 1 is 1.40 bits per heavy atom. The lowest BCUT2D eigenvalue weighted by molar-refractivity contribution is -0.175. The standard InChI is InChI=1S/C11H11F4NO3.ClH/c1-2-19-10(18)11(14,15)9(16)7-5(12)3-4-6(13)8(7)17;/h3-4,9,17H,2,16H2,1H3;1H/t9-;/m1./s1. The molecule has 1 atom stereocenters. The monoisotopic (exact) mass is 317 g/mol. The van der Waals surface area contributed by atoms with Crippen molar-refractivity contribution in [3.63, 3.8) is 0 Å². The summed E-state index contributed by atoms with van der Waals surface area (Å²) in [4.78, 5) is 11.0. The van der Waals surface area contributed by atoms with E-state index in [1.54, 1.807) is 0 Å². The van der Waals surface area contributed by atoms with E-state index in [1.165, 1.54) is 6.92 Å². The fourth-order valence-corrected chi connectivity index (χ4v) is 1.39. The van der Waals surface area contributed by atoms with Gasteiger partial charge in [-0.3, -0.25) is 0 Å². The van der Waals surface area contributed by atoms with Gasteiger partial charge in [-0.25, -0.2) is 13.6 Å². The highest BCUT2D eigenvalue weighted by Gasteiger charge is 2.49. The topological polar surface area (TPSA) is 72.5 Å². The maximum atomic E-state index is 13.6. The molecule has 0 aliphatic carbocycles. The number of halogens is 5. The molecule has 4 nitrogen and oxygen atoms in total. The molecule has 1 aromatic carbocycles. The summed E-state index contributed by atoms with van der Waals surface area (Å²) in [5, 5.41) is 9.24. The lowest BCUT2D eigenvalue weighted by Gasteiger charge is -2.22. The number of phenolic OH excluding ortho intramolecular Hbond substituents is 1. The van der Waals surface area contributed by atoms with E-state index in [0.29, 0.717) is 12.1 Å². The number of rotatable bonds is 4. The Morgan fingerprint density at radius 3 is 2.40 bits per heavy atom. The SMILES string of the molecule is CCOC(=O)C(F)(F)[C@H](N)c1c(F)ccc(F)c1O.Cl. The van der Waals surface area contributed by atoms with E-state index in [0.717, 1.165) is 0 Å². The number of esters is 1. The average Bonchev–Trinajstić information content (AvgIpc) is 2.34. The largest absolute Gasteiger partial charge is 0.505 e. The Morgan fingerprint density at radius 2 is 1.90 bits per heavy atom. The zero-order chi connectivity index (χ0) is 14.8. The maximum Gasteiger partial charge on any atom is 0.379 e.